The molecule has 0 saturated carbocycles. The first-order valence-corrected chi connectivity index (χ1v) is 7.32. The van der Waals surface area contributed by atoms with Crippen LogP contribution in [-0.4, -0.2) is 16.3 Å². The Labute approximate surface area is 131 Å². The van der Waals surface area contributed by atoms with E-state index in [0.717, 1.165) is 22.3 Å². The van der Waals surface area contributed by atoms with Crippen LogP contribution in [0.3, 0.4) is 0 Å². The van der Waals surface area contributed by atoms with E-state index in [1.807, 2.05) is 23.6 Å². The second-order valence-corrected chi connectivity index (χ2v) is 5.45. The Hall–Kier alpha value is -2.13. The first-order valence-electron chi connectivity index (χ1n) is 6.53. The van der Waals surface area contributed by atoms with Gasteiger partial charge < -0.3 is 19.8 Å². The number of nitrogen functional groups attached to an aromatic ring is 1. The Morgan fingerprint density at radius 2 is 2.29 bits per heavy atom. The molecule has 2 aromatic rings. The Morgan fingerprint density at radius 3 is 3.00 bits per heavy atom. The van der Waals surface area contributed by atoms with Gasteiger partial charge in [-0.05, 0) is 28.1 Å². The summed E-state index contributed by atoms with van der Waals surface area (Å²) in [7, 11) is 0. The molecule has 2 N–H and O–H groups in total. The van der Waals surface area contributed by atoms with E-state index in [4.69, 9.17) is 21.6 Å². The fourth-order valence-electron chi connectivity index (χ4n) is 2.37. The summed E-state index contributed by atoms with van der Waals surface area (Å²) in [5, 5.41) is 0. The summed E-state index contributed by atoms with van der Waals surface area (Å²) in [5.74, 6) is 5.43. The summed E-state index contributed by atoms with van der Waals surface area (Å²) in [6.45, 7) is 2.65. The van der Waals surface area contributed by atoms with E-state index in [1.165, 1.54) is 0 Å². The molecule has 2 heterocycles. The molecule has 0 saturated heterocycles. The molecule has 1 aliphatic heterocycles. The summed E-state index contributed by atoms with van der Waals surface area (Å²) in [4.78, 5) is 4.61. The predicted octanol–water partition coefficient (Wildman–Crippen LogP) is 2.82. The van der Waals surface area contributed by atoms with Crippen molar-refractivity contribution in [2.24, 2.45) is 0 Å². The summed E-state index contributed by atoms with van der Waals surface area (Å²) >= 11 is 3.48. The summed E-state index contributed by atoms with van der Waals surface area (Å²) in [5.41, 5.74) is 7.79. The van der Waals surface area contributed by atoms with Crippen molar-refractivity contribution in [2.75, 3.05) is 12.5 Å². The number of aryl methyl sites for hydroxylation is 1. The molecule has 1 aliphatic rings. The third-order valence-electron chi connectivity index (χ3n) is 3.35. The molecule has 0 fully saturated rings. The number of fused-ring (bicyclic) bond motifs is 1. The number of aromatic nitrogens is 2. The van der Waals surface area contributed by atoms with Gasteiger partial charge in [-0.1, -0.05) is 12.8 Å². The zero-order valence-electron chi connectivity index (χ0n) is 11.5. The maximum absolute atomic E-state index is 6.21. The lowest BCUT2D eigenvalue weighted by atomic mass is 10.1. The van der Waals surface area contributed by atoms with Gasteiger partial charge in [-0.25, -0.2) is 4.98 Å². The molecule has 0 amide bonds. The zero-order chi connectivity index (χ0) is 15.0. The predicted molar refractivity (Wildman–Crippen MR) is 84.1 cm³/mol. The minimum absolute atomic E-state index is 0.221. The first kappa shape index (κ1) is 13.8. The minimum Gasteiger partial charge on any atom is -0.454 e. The number of benzene rings is 1. The molecule has 5 nitrogen and oxygen atoms in total. The molecule has 0 bridgehead atoms. The van der Waals surface area contributed by atoms with Crippen LogP contribution < -0.4 is 15.2 Å². The van der Waals surface area contributed by atoms with E-state index in [1.54, 1.807) is 0 Å². The van der Waals surface area contributed by atoms with Gasteiger partial charge in [-0.15, -0.1) is 6.42 Å². The van der Waals surface area contributed by atoms with E-state index < -0.39 is 0 Å². The minimum atomic E-state index is 0.221. The Bertz CT molecular complexity index is 746. The fourth-order valence-corrected chi connectivity index (χ4v) is 2.92. The molecule has 21 heavy (non-hydrogen) atoms. The molecule has 6 heteroatoms. The van der Waals surface area contributed by atoms with Gasteiger partial charge in [0.05, 0.1) is 11.0 Å². The van der Waals surface area contributed by atoms with Crippen molar-refractivity contribution in [2.45, 2.75) is 19.9 Å². The molecule has 0 atom stereocenters. The van der Waals surface area contributed by atoms with Crippen LogP contribution in [0, 0.1) is 12.3 Å². The maximum atomic E-state index is 6.21. The van der Waals surface area contributed by atoms with Crippen molar-refractivity contribution in [3.05, 3.63) is 22.4 Å². The second kappa shape index (κ2) is 5.34. The number of ether oxygens (including phenoxy) is 2. The second-order valence-electron chi connectivity index (χ2n) is 4.60. The van der Waals surface area contributed by atoms with E-state index in [2.05, 4.69) is 26.8 Å². The van der Waals surface area contributed by atoms with Gasteiger partial charge in [0.1, 0.15) is 17.3 Å². The highest BCUT2D eigenvalue weighted by Gasteiger charge is 2.21. The Balaban J connectivity index is 2.13. The molecule has 108 valence electrons. The van der Waals surface area contributed by atoms with Gasteiger partial charge in [0.15, 0.2) is 11.5 Å². The smallest absolute Gasteiger partial charge is 0.231 e. The number of hydrogen-bond donors (Lipinski definition) is 1. The van der Waals surface area contributed by atoms with Crippen LogP contribution in [0.1, 0.15) is 12.7 Å². The highest BCUT2D eigenvalue weighted by Crippen LogP contribution is 2.43. The van der Waals surface area contributed by atoms with Crippen molar-refractivity contribution < 1.29 is 9.47 Å². The maximum Gasteiger partial charge on any atom is 0.231 e. The van der Waals surface area contributed by atoms with Gasteiger partial charge >= 0.3 is 0 Å². The van der Waals surface area contributed by atoms with E-state index in [-0.39, 0.29) is 6.79 Å². The van der Waals surface area contributed by atoms with Crippen molar-refractivity contribution in [1.82, 2.24) is 9.55 Å². The highest BCUT2D eigenvalue weighted by molar-refractivity contribution is 9.10. The van der Waals surface area contributed by atoms with Crippen LogP contribution in [-0.2, 0) is 13.0 Å². The van der Waals surface area contributed by atoms with Crippen molar-refractivity contribution in [3.8, 4) is 35.1 Å². The van der Waals surface area contributed by atoms with E-state index in [0.29, 0.717) is 29.6 Å². The standard InChI is InChI=1S/C15H14BrN3O2/c1-3-5-19-12(4-2)18-13(15(19)17)9-6-10(16)14-11(7-9)20-8-21-14/h1,6-7H,4-5,8,17H2,2H3. The fraction of sp³-hybridized carbons (Fsp3) is 0.267. The largest absolute Gasteiger partial charge is 0.454 e. The third kappa shape index (κ3) is 2.24. The number of anilines is 1. The number of nitrogens with zero attached hydrogens (tertiary/aromatic N) is 2. The lowest BCUT2D eigenvalue weighted by Crippen LogP contribution is -2.05. The Kier molecular flexibility index (Phi) is 3.52. The number of rotatable bonds is 3. The first-order chi connectivity index (χ1) is 10.2. The van der Waals surface area contributed by atoms with Crippen LogP contribution >= 0.6 is 15.9 Å². The number of halogens is 1. The lowest BCUT2D eigenvalue weighted by molar-refractivity contribution is 0.173. The van der Waals surface area contributed by atoms with Crippen molar-refractivity contribution in [1.29, 1.82) is 0 Å². The van der Waals surface area contributed by atoms with Gasteiger partial charge in [-0.3, -0.25) is 0 Å². The lowest BCUT2D eigenvalue weighted by Gasteiger charge is -2.05. The zero-order valence-corrected chi connectivity index (χ0v) is 13.1. The summed E-state index contributed by atoms with van der Waals surface area (Å²) in [6, 6.07) is 3.80. The van der Waals surface area contributed by atoms with Gasteiger partial charge in [-0.2, -0.15) is 0 Å². The molecular formula is C15H14BrN3O2. The molecule has 0 unspecified atom stereocenters. The average Bonchev–Trinajstić information content (AvgIpc) is 3.05. The van der Waals surface area contributed by atoms with Gasteiger partial charge in [0.25, 0.3) is 0 Å². The normalized spacial score (nSPS) is 12.4. The van der Waals surface area contributed by atoms with Crippen LogP contribution in [0.5, 0.6) is 11.5 Å². The van der Waals surface area contributed by atoms with Crippen molar-refractivity contribution in [3.63, 3.8) is 0 Å². The highest BCUT2D eigenvalue weighted by atomic mass is 79.9. The number of nitrogens with two attached hydrogens (primary N) is 1. The molecule has 0 radical (unpaired) electrons. The number of terminal acetylenes is 1. The van der Waals surface area contributed by atoms with Gasteiger partial charge in [0.2, 0.25) is 6.79 Å². The molecular weight excluding hydrogens is 334 g/mol. The van der Waals surface area contributed by atoms with Crippen LogP contribution in [0.4, 0.5) is 5.82 Å². The number of imidazole rings is 1. The average molecular weight is 348 g/mol. The van der Waals surface area contributed by atoms with Crippen LogP contribution in [0.25, 0.3) is 11.3 Å². The Morgan fingerprint density at radius 1 is 1.48 bits per heavy atom. The topological polar surface area (TPSA) is 62.3 Å². The van der Waals surface area contributed by atoms with Crippen LogP contribution in [0.15, 0.2) is 16.6 Å². The van der Waals surface area contributed by atoms with Crippen molar-refractivity contribution >= 4 is 21.7 Å². The monoisotopic (exact) mass is 347 g/mol. The molecule has 1 aromatic heterocycles. The molecule has 1 aromatic carbocycles. The third-order valence-corrected chi connectivity index (χ3v) is 3.94. The summed E-state index contributed by atoms with van der Waals surface area (Å²) < 4.78 is 13.5. The SMILES string of the molecule is C#CCn1c(CC)nc(-c2cc(Br)c3c(c2)OCO3)c1N. The van der Waals surface area contributed by atoms with E-state index in [9.17, 15) is 0 Å². The van der Waals surface area contributed by atoms with E-state index >= 15 is 0 Å². The summed E-state index contributed by atoms with van der Waals surface area (Å²) in [6.07, 6.45) is 6.16. The molecule has 3 rings (SSSR count). The van der Waals surface area contributed by atoms with Crippen LogP contribution in [0.2, 0.25) is 0 Å². The molecule has 0 aliphatic carbocycles. The quantitative estimate of drug-likeness (QED) is 0.867. The molecule has 0 spiro atoms. The number of hydrogen-bond acceptors (Lipinski definition) is 4. The van der Waals surface area contributed by atoms with Gasteiger partial charge in [0, 0.05) is 12.0 Å².